The summed E-state index contributed by atoms with van der Waals surface area (Å²) >= 11 is 0. The minimum atomic E-state index is -0.0706. The summed E-state index contributed by atoms with van der Waals surface area (Å²) in [6.45, 7) is 3.03. The van der Waals surface area contributed by atoms with Crippen molar-refractivity contribution in [1.29, 1.82) is 0 Å². The predicted octanol–water partition coefficient (Wildman–Crippen LogP) is 2.20. The Labute approximate surface area is 147 Å². The lowest BCUT2D eigenvalue weighted by atomic mass is 10.0. The number of likely N-dealkylation sites (tertiary alicyclic amines) is 1. The number of rotatable bonds is 5. The molecule has 2 aromatic rings. The number of carbonyl (C=O) groups is 1. The van der Waals surface area contributed by atoms with E-state index in [-0.39, 0.29) is 11.9 Å². The van der Waals surface area contributed by atoms with Gasteiger partial charge in [0.05, 0.1) is 12.6 Å². The van der Waals surface area contributed by atoms with Gasteiger partial charge in [0.15, 0.2) is 5.82 Å². The third-order valence-corrected chi connectivity index (χ3v) is 4.24. The van der Waals surface area contributed by atoms with Crippen LogP contribution >= 0.6 is 0 Å². The molecule has 1 aliphatic rings. The number of nitrogens with zero attached hydrogens (tertiary/aromatic N) is 4. The Morgan fingerprint density at radius 2 is 2.16 bits per heavy atom. The fourth-order valence-electron chi connectivity index (χ4n) is 3.12. The van der Waals surface area contributed by atoms with E-state index in [2.05, 4.69) is 25.6 Å². The number of aromatic nitrogens is 3. The number of likely N-dealkylation sites (N-methyl/N-ethyl adjacent to an activating group) is 1. The average Bonchev–Trinajstić information content (AvgIpc) is 2.62. The first-order valence-corrected chi connectivity index (χ1v) is 8.65. The Morgan fingerprint density at radius 1 is 1.28 bits per heavy atom. The lowest BCUT2D eigenvalue weighted by molar-refractivity contribution is -0.134. The number of aryl methyl sites for hydroxylation is 1. The molecule has 0 bridgehead atoms. The second-order valence-corrected chi connectivity index (χ2v) is 6.22. The van der Waals surface area contributed by atoms with Crippen molar-refractivity contribution in [2.45, 2.75) is 32.2 Å². The van der Waals surface area contributed by atoms with Crippen molar-refractivity contribution in [3.63, 3.8) is 0 Å². The molecule has 1 amide bonds. The van der Waals surface area contributed by atoms with Crippen LogP contribution in [-0.2, 0) is 4.79 Å². The molecule has 1 aliphatic heterocycles. The van der Waals surface area contributed by atoms with Gasteiger partial charge in [-0.05, 0) is 45.4 Å². The van der Waals surface area contributed by atoms with Crippen LogP contribution in [0.2, 0.25) is 0 Å². The molecule has 3 heterocycles. The van der Waals surface area contributed by atoms with E-state index in [1.54, 1.807) is 13.2 Å². The van der Waals surface area contributed by atoms with Gasteiger partial charge in [0, 0.05) is 24.5 Å². The Hall–Kier alpha value is -2.54. The quantitative estimate of drug-likeness (QED) is 0.868. The summed E-state index contributed by atoms with van der Waals surface area (Å²) in [7, 11) is 1.79. The molecule has 0 radical (unpaired) electrons. The molecule has 2 aromatic heterocycles. The molecule has 1 fully saturated rings. The summed E-state index contributed by atoms with van der Waals surface area (Å²) < 4.78 is 0. The van der Waals surface area contributed by atoms with Crippen LogP contribution in [0.5, 0.6) is 0 Å². The lowest BCUT2D eigenvalue weighted by Gasteiger charge is -2.35. The lowest BCUT2D eigenvalue weighted by Crippen LogP contribution is -2.43. The second-order valence-electron chi connectivity index (χ2n) is 6.22. The highest BCUT2D eigenvalue weighted by atomic mass is 16.2. The van der Waals surface area contributed by atoms with Crippen molar-refractivity contribution in [2.24, 2.45) is 0 Å². The second kappa shape index (κ2) is 8.02. The van der Waals surface area contributed by atoms with E-state index < -0.39 is 0 Å². The first-order chi connectivity index (χ1) is 12.2. The van der Waals surface area contributed by atoms with E-state index in [1.165, 1.54) is 0 Å². The molecule has 1 unspecified atom stereocenters. The maximum atomic E-state index is 12.4. The summed E-state index contributed by atoms with van der Waals surface area (Å²) in [5.41, 5.74) is 0.870. The van der Waals surface area contributed by atoms with Crippen molar-refractivity contribution in [2.75, 3.05) is 25.5 Å². The zero-order valence-corrected chi connectivity index (χ0v) is 14.7. The van der Waals surface area contributed by atoms with E-state index in [0.717, 1.165) is 37.3 Å². The molecule has 2 N–H and O–H groups in total. The number of piperidine rings is 1. The third kappa shape index (κ3) is 4.30. The number of anilines is 2. The van der Waals surface area contributed by atoms with Gasteiger partial charge in [0.1, 0.15) is 11.6 Å². The van der Waals surface area contributed by atoms with Gasteiger partial charge >= 0.3 is 0 Å². The smallest absolute Gasteiger partial charge is 0.237 e. The van der Waals surface area contributed by atoms with Gasteiger partial charge in [0.25, 0.3) is 0 Å². The first-order valence-electron chi connectivity index (χ1n) is 8.65. The minimum absolute atomic E-state index is 0.0706. The fraction of sp³-hybridized carbons (Fsp3) is 0.444. The van der Waals surface area contributed by atoms with E-state index >= 15 is 0 Å². The largest absolute Gasteiger partial charge is 0.331 e. The van der Waals surface area contributed by atoms with Crippen LogP contribution in [0.1, 0.15) is 36.8 Å². The third-order valence-electron chi connectivity index (χ3n) is 4.24. The number of hydrogen-bond donors (Lipinski definition) is 2. The molecule has 3 rings (SSSR count). The summed E-state index contributed by atoms with van der Waals surface area (Å²) in [6, 6.07) is 7.50. The molecule has 132 valence electrons. The Bertz CT molecular complexity index is 721. The Balaban J connectivity index is 1.86. The highest BCUT2D eigenvalue weighted by Crippen LogP contribution is 2.30. The zero-order valence-electron chi connectivity index (χ0n) is 14.7. The zero-order chi connectivity index (χ0) is 17.6. The summed E-state index contributed by atoms with van der Waals surface area (Å²) in [5, 5.41) is 6.16. The van der Waals surface area contributed by atoms with Crippen LogP contribution in [-0.4, -0.2) is 45.9 Å². The SMILES string of the molecule is CNCC(=O)N1CCCCC1c1nc(C)cc(Nc2ccccn2)n1. The predicted molar refractivity (Wildman–Crippen MR) is 96.5 cm³/mol. The summed E-state index contributed by atoms with van der Waals surface area (Å²) in [5.74, 6) is 2.23. The molecule has 0 spiro atoms. The van der Waals surface area contributed by atoms with Crippen LogP contribution in [0.4, 0.5) is 11.6 Å². The molecule has 7 nitrogen and oxygen atoms in total. The van der Waals surface area contributed by atoms with E-state index in [1.807, 2.05) is 36.1 Å². The molecular formula is C18H24N6O. The number of nitrogens with one attached hydrogen (secondary N) is 2. The molecule has 25 heavy (non-hydrogen) atoms. The number of pyridine rings is 1. The van der Waals surface area contributed by atoms with Gasteiger partial charge in [-0.1, -0.05) is 6.07 Å². The fourth-order valence-corrected chi connectivity index (χ4v) is 3.12. The Morgan fingerprint density at radius 3 is 2.92 bits per heavy atom. The van der Waals surface area contributed by atoms with Crippen LogP contribution in [0, 0.1) is 6.92 Å². The minimum Gasteiger partial charge on any atom is -0.331 e. The molecule has 0 saturated carbocycles. The molecular weight excluding hydrogens is 316 g/mol. The van der Waals surface area contributed by atoms with Gasteiger partial charge < -0.3 is 15.5 Å². The van der Waals surface area contributed by atoms with Crippen LogP contribution in [0.3, 0.4) is 0 Å². The highest BCUT2D eigenvalue weighted by molar-refractivity contribution is 5.78. The van der Waals surface area contributed by atoms with Gasteiger partial charge in [-0.3, -0.25) is 4.79 Å². The van der Waals surface area contributed by atoms with Crippen LogP contribution in [0.15, 0.2) is 30.5 Å². The molecule has 0 aliphatic carbocycles. The van der Waals surface area contributed by atoms with Crippen LogP contribution in [0.25, 0.3) is 0 Å². The van der Waals surface area contributed by atoms with Gasteiger partial charge in [-0.2, -0.15) is 0 Å². The molecule has 0 aromatic carbocycles. The summed E-state index contributed by atoms with van der Waals surface area (Å²) in [4.78, 5) is 27.9. The average molecular weight is 340 g/mol. The van der Waals surface area contributed by atoms with Crippen molar-refractivity contribution in [3.05, 3.63) is 42.0 Å². The van der Waals surface area contributed by atoms with Crippen molar-refractivity contribution < 1.29 is 4.79 Å². The van der Waals surface area contributed by atoms with Gasteiger partial charge in [0.2, 0.25) is 5.91 Å². The van der Waals surface area contributed by atoms with E-state index in [9.17, 15) is 4.79 Å². The normalized spacial score (nSPS) is 17.4. The Kier molecular flexibility index (Phi) is 5.55. The van der Waals surface area contributed by atoms with Crippen molar-refractivity contribution >= 4 is 17.5 Å². The highest BCUT2D eigenvalue weighted by Gasteiger charge is 2.29. The first kappa shape index (κ1) is 17.3. The van der Waals surface area contributed by atoms with E-state index in [0.29, 0.717) is 18.2 Å². The molecule has 7 heteroatoms. The molecule has 1 atom stereocenters. The van der Waals surface area contributed by atoms with Crippen molar-refractivity contribution in [3.8, 4) is 0 Å². The van der Waals surface area contributed by atoms with Gasteiger partial charge in [-0.25, -0.2) is 15.0 Å². The maximum Gasteiger partial charge on any atom is 0.237 e. The van der Waals surface area contributed by atoms with Gasteiger partial charge in [-0.15, -0.1) is 0 Å². The standard InChI is InChI=1S/C18H24N6O/c1-13-11-16(22-15-8-3-5-9-20-15)23-18(21-13)14-7-4-6-10-24(14)17(25)12-19-2/h3,5,8-9,11,14,19H,4,6-7,10,12H2,1-2H3,(H,20,21,22,23). The van der Waals surface area contributed by atoms with Crippen LogP contribution < -0.4 is 10.6 Å². The molecule has 1 saturated heterocycles. The summed E-state index contributed by atoms with van der Waals surface area (Å²) in [6.07, 6.45) is 4.73. The number of hydrogen-bond acceptors (Lipinski definition) is 6. The maximum absolute atomic E-state index is 12.4. The van der Waals surface area contributed by atoms with Crippen molar-refractivity contribution in [1.82, 2.24) is 25.2 Å². The topological polar surface area (TPSA) is 83.0 Å². The number of carbonyl (C=O) groups excluding carboxylic acids is 1. The monoisotopic (exact) mass is 340 g/mol. The van der Waals surface area contributed by atoms with E-state index in [4.69, 9.17) is 0 Å². The number of amides is 1.